The van der Waals surface area contributed by atoms with Crippen molar-refractivity contribution in [3.8, 4) is 5.75 Å². The van der Waals surface area contributed by atoms with Crippen LogP contribution in [0.5, 0.6) is 5.75 Å². The van der Waals surface area contributed by atoms with Crippen molar-refractivity contribution in [3.05, 3.63) is 64.7 Å². The molecular formula is C21H25NO2. The van der Waals surface area contributed by atoms with Gasteiger partial charge in [0, 0.05) is 5.56 Å². The Balaban J connectivity index is 1.74. The van der Waals surface area contributed by atoms with Gasteiger partial charge in [0.25, 0.3) is 5.91 Å². The Bertz CT molecular complexity index is 706. The highest BCUT2D eigenvalue weighted by atomic mass is 16.5. The smallest absolute Gasteiger partial charge is 0.251 e. The van der Waals surface area contributed by atoms with E-state index in [0.29, 0.717) is 0 Å². The molecule has 2 aromatic carbocycles. The summed E-state index contributed by atoms with van der Waals surface area (Å²) in [6, 6.07) is 14.1. The fraction of sp³-hybridized carbons (Fsp3) is 0.381. The van der Waals surface area contributed by atoms with Gasteiger partial charge in [0.15, 0.2) is 0 Å². The maximum Gasteiger partial charge on any atom is 0.251 e. The highest BCUT2D eigenvalue weighted by molar-refractivity contribution is 5.94. The number of rotatable bonds is 5. The van der Waals surface area contributed by atoms with E-state index in [1.807, 2.05) is 30.3 Å². The summed E-state index contributed by atoms with van der Waals surface area (Å²) in [6.07, 6.45) is 5.56. The Labute approximate surface area is 144 Å². The lowest BCUT2D eigenvalue weighted by atomic mass is 9.90. The van der Waals surface area contributed by atoms with E-state index in [4.69, 9.17) is 4.74 Å². The van der Waals surface area contributed by atoms with Gasteiger partial charge in [0.1, 0.15) is 5.75 Å². The van der Waals surface area contributed by atoms with Crippen molar-refractivity contribution in [1.82, 2.24) is 5.32 Å². The number of carbonyl (C=O) groups excluding carboxylic acids is 1. The van der Waals surface area contributed by atoms with Crippen LogP contribution in [-0.4, -0.2) is 13.0 Å². The van der Waals surface area contributed by atoms with Crippen LogP contribution in [0.25, 0.3) is 0 Å². The van der Waals surface area contributed by atoms with Gasteiger partial charge in [0.2, 0.25) is 0 Å². The number of hydrogen-bond donors (Lipinski definition) is 1. The van der Waals surface area contributed by atoms with Crippen molar-refractivity contribution in [2.75, 3.05) is 7.11 Å². The molecule has 126 valence electrons. The van der Waals surface area contributed by atoms with Crippen molar-refractivity contribution in [2.45, 2.75) is 45.1 Å². The lowest BCUT2D eigenvalue weighted by Gasteiger charge is -2.20. The molecule has 1 atom stereocenters. The van der Waals surface area contributed by atoms with Crippen LogP contribution in [0.3, 0.4) is 0 Å². The van der Waals surface area contributed by atoms with Gasteiger partial charge in [-0.05, 0) is 73.1 Å². The van der Waals surface area contributed by atoms with Crippen LogP contribution in [0, 0.1) is 0 Å². The van der Waals surface area contributed by atoms with Crippen molar-refractivity contribution in [2.24, 2.45) is 0 Å². The SMILES string of the molecule is CCC(NC(=O)c1ccc2c(c1)CCCC2)c1ccc(OC)cc1. The molecule has 0 radical (unpaired) electrons. The van der Waals surface area contributed by atoms with Crippen LogP contribution >= 0.6 is 0 Å². The number of methoxy groups -OCH3 is 1. The van der Waals surface area contributed by atoms with E-state index in [9.17, 15) is 4.79 Å². The van der Waals surface area contributed by atoms with Crippen LogP contribution in [0.4, 0.5) is 0 Å². The van der Waals surface area contributed by atoms with Crippen LogP contribution in [-0.2, 0) is 12.8 Å². The highest BCUT2D eigenvalue weighted by Crippen LogP contribution is 2.24. The summed E-state index contributed by atoms with van der Waals surface area (Å²) in [4.78, 5) is 12.7. The first-order valence-corrected chi connectivity index (χ1v) is 8.78. The fourth-order valence-electron chi connectivity index (χ4n) is 3.37. The average molecular weight is 323 g/mol. The first kappa shape index (κ1) is 16.6. The summed E-state index contributed by atoms with van der Waals surface area (Å²) in [5.41, 5.74) is 4.61. The van der Waals surface area contributed by atoms with Crippen LogP contribution in [0.15, 0.2) is 42.5 Å². The molecule has 0 fully saturated rings. The third-order valence-corrected chi connectivity index (χ3v) is 4.84. The molecule has 0 heterocycles. The van der Waals surface area contributed by atoms with Crippen molar-refractivity contribution in [3.63, 3.8) is 0 Å². The Morgan fingerprint density at radius 3 is 2.46 bits per heavy atom. The molecule has 0 aliphatic heterocycles. The number of aryl methyl sites for hydroxylation is 2. The lowest BCUT2D eigenvalue weighted by Crippen LogP contribution is -2.28. The molecule has 1 N–H and O–H groups in total. The van der Waals surface area contributed by atoms with Crippen LogP contribution in [0.1, 0.15) is 59.3 Å². The van der Waals surface area contributed by atoms with Gasteiger partial charge >= 0.3 is 0 Å². The summed E-state index contributed by atoms with van der Waals surface area (Å²) in [5, 5.41) is 3.16. The molecule has 0 bridgehead atoms. The van der Waals surface area contributed by atoms with Crippen LogP contribution in [0.2, 0.25) is 0 Å². The molecule has 2 aromatic rings. The minimum atomic E-state index is 0.00559. The van der Waals surface area contributed by atoms with Gasteiger partial charge in [-0.15, -0.1) is 0 Å². The zero-order valence-electron chi connectivity index (χ0n) is 14.5. The zero-order chi connectivity index (χ0) is 16.9. The largest absolute Gasteiger partial charge is 0.497 e. The van der Waals surface area contributed by atoms with Gasteiger partial charge in [-0.3, -0.25) is 4.79 Å². The first-order chi connectivity index (χ1) is 11.7. The van der Waals surface area contributed by atoms with E-state index in [1.54, 1.807) is 7.11 Å². The summed E-state index contributed by atoms with van der Waals surface area (Å²) < 4.78 is 5.20. The molecule has 1 aliphatic carbocycles. The summed E-state index contributed by atoms with van der Waals surface area (Å²) in [5.74, 6) is 0.834. The average Bonchev–Trinajstić information content (AvgIpc) is 2.65. The monoisotopic (exact) mass is 323 g/mol. The Morgan fingerprint density at radius 2 is 1.79 bits per heavy atom. The number of ether oxygens (including phenoxy) is 1. The summed E-state index contributed by atoms with van der Waals surface area (Å²) in [7, 11) is 1.66. The molecular weight excluding hydrogens is 298 g/mol. The molecule has 3 heteroatoms. The van der Waals surface area contributed by atoms with E-state index in [1.165, 1.54) is 24.0 Å². The van der Waals surface area contributed by atoms with Crippen molar-refractivity contribution < 1.29 is 9.53 Å². The molecule has 3 nitrogen and oxygen atoms in total. The number of carbonyl (C=O) groups is 1. The number of nitrogens with one attached hydrogen (secondary N) is 1. The summed E-state index contributed by atoms with van der Waals surface area (Å²) in [6.45, 7) is 2.09. The second-order valence-corrected chi connectivity index (χ2v) is 6.40. The maximum absolute atomic E-state index is 12.7. The molecule has 0 aromatic heterocycles. The molecule has 1 aliphatic rings. The third-order valence-electron chi connectivity index (χ3n) is 4.84. The van der Waals surface area contributed by atoms with E-state index in [2.05, 4.69) is 24.4 Å². The van der Waals surface area contributed by atoms with Crippen LogP contribution < -0.4 is 10.1 Å². The predicted octanol–water partition coefficient (Wildman–Crippen LogP) is 4.46. The molecule has 1 unspecified atom stereocenters. The normalized spacial score (nSPS) is 14.6. The Morgan fingerprint density at radius 1 is 1.08 bits per heavy atom. The van der Waals surface area contributed by atoms with E-state index >= 15 is 0 Å². The first-order valence-electron chi connectivity index (χ1n) is 8.78. The zero-order valence-corrected chi connectivity index (χ0v) is 14.5. The summed E-state index contributed by atoms with van der Waals surface area (Å²) >= 11 is 0. The molecule has 0 saturated carbocycles. The molecule has 1 amide bonds. The second kappa shape index (κ2) is 7.52. The fourth-order valence-corrected chi connectivity index (χ4v) is 3.37. The van der Waals surface area contributed by atoms with Crippen molar-refractivity contribution in [1.29, 1.82) is 0 Å². The Hall–Kier alpha value is -2.29. The quantitative estimate of drug-likeness (QED) is 0.882. The maximum atomic E-state index is 12.7. The van der Waals surface area contributed by atoms with Gasteiger partial charge in [-0.1, -0.05) is 25.1 Å². The third kappa shape index (κ3) is 3.61. The van der Waals surface area contributed by atoms with Gasteiger partial charge < -0.3 is 10.1 Å². The minimum Gasteiger partial charge on any atom is -0.497 e. The van der Waals surface area contributed by atoms with Gasteiger partial charge in [0.05, 0.1) is 13.2 Å². The van der Waals surface area contributed by atoms with Crippen molar-refractivity contribution >= 4 is 5.91 Å². The number of hydrogen-bond acceptors (Lipinski definition) is 2. The standard InChI is InChI=1S/C21H25NO2/c1-3-20(16-10-12-19(24-2)13-11-16)22-21(23)18-9-8-15-6-4-5-7-17(15)14-18/h8-14,20H,3-7H2,1-2H3,(H,22,23). The minimum absolute atomic E-state index is 0.00559. The lowest BCUT2D eigenvalue weighted by molar-refractivity contribution is 0.0935. The topological polar surface area (TPSA) is 38.3 Å². The highest BCUT2D eigenvalue weighted by Gasteiger charge is 2.16. The molecule has 0 saturated heterocycles. The molecule has 24 heavy (non-hydrogen) atoms. The molecule has 0 spiro atoms. The van der Waals surface area contributed by atoms with E-state index < -0.39 is 0 Å². The molecule has 3 rings (SSSR count). The predicted molar refractivity (Wildman–Crippen MR) is 96.6 cm³/mol. The number of fused-ring (bicyclic) bond motifs is 1. The van der Waals surface area contributed by atoms with Gasteiger partial charge in [-0.25, -0.2) is 0 Å². The van der Waals surface area contributed by atoms with Gasteiger partial charge in [-0.2, -0.15) is 0 Å². The van der Waals surface area contributed by atoms with E-state index in [-0.39, 0.29) is 11.9 Å². The Kier molecular flexibility index (Phi) is 5.19. The second-order valence-electron chi connectivity index (χ2n) is 6.40. The number of benzene rings is 2. The number of amides is 1. The van der Waals surface area contributed by atoms with E-state index in [0.717, 1.165) is 36.1 Å².